The van der Waals surface area contributed by atoms with Crippen molar-refractivity contribution in [3.63, 3.8) is 0 Å². The summed E-state index contributed by atoms with van der Waals surface area (Å²) in [6, 6.07) is 7.66. The Morgan fingerprint density at radius 3 is 2.70 bits per heavy atom. The maximum atomic E-state index is 14.1. The summed E-state index contributed by atoms with van der Waals surface area (Å²) < 4.78 is 25.8. The number of benzene rings is 1. The molecule has 196 valence electrons. The van der Waals surface area contributed by atoms with Crippen molar-refractivity contribution in [2.24, 2.45) is 0 Å². The van der Waals surface area contributed by atoms with E-state index in [2.05, 4.69) is 36.6 Å². The lowest BCUT2D eigenvalue weighted by Gasteiger charge is -2.19. The first-order valence-corrected chi connectivity index (χ1v) is 11.9. The van der Waals surface area contributed by atoms with Crippen molar-refractivity contribution in [2.45, 2.75) is 20.3 Å². The molecule has 0 atom stereocenters. The summed E-state index contributed by atoms with van der Waals surface area (Å²) in [6.45, 7) is 1.22. The number of aryl methyl sites for hydroxylation is 1. The lowest BCUT2D eigenvalue weighted by Crippen LogP contribution is -2.30. The third-order valence-corrected chi connectivity index (χ3v) is 6.27. The van der Waals surface area contributed by atoms with Crippen LogP contribution in [-0.2, 0) is 27.6 Å². The Balaban J connectivity index is 1.67. The average Bonchev–Trinajstić information content (AvgIpc) is 3.16. The van der Waals surface area contributed by atoms with Gasteiger partial charge in [-0.05, 0) is 53.7 Å². The zero-order valence-electron chi connectivity index (χ0n) is 20.0. The van der Waals surface area contributed by atoms with Gasteiger partial charge in [0.05, 0.1) is 16.7 Å². The number of carbonyl (C=O) groups excluding carboxylic acids is 3. The number of hydrogen-bond acceptors (Lipinski definition) is 8. The normalized spacial score (nSPS) is 10.6. The van der Waals surface area contributed by atoms with E-state index < -0.39 is 30.5 Å². The van der Waals surface area contributed by atoms with Gasteiger partial charge in [-0.1, -0.05) is 23.7 Å². The molecule has 0 saturated carbocycles. The second-order valence-corrected chi connectivity index (χ2v) is 8.82. The summed E-state index contributed by atoms with van der Waals surface area (Å²) in [5.74, 6) is -1.56. The van der Waals surface area contributed by atoms with Gasteiger partial charge in [0.15, 0.2) is 12.4 Å². The molecule has 2 heterocycles. The number of carbonyl (C=O) groups is 3. The van der Waals surface area contributed by atoms with Gasteiger partial charge in [-0.15, -0.1) is 0 Å². The fourth-order valence-electron chi connectivity index (χ4n) is 3.05. The molecule has 0 aliphatic carbocycles. The molecular weight excluding hydrogens is 575 g/mol. The highest BCUT2D eigenvalue weighted by molar-refractivity contribution is 9.10. The first-order chi connectivity index (χ1) is 17.6. The Morgan fingerprint density at radius 1 is 1.24 bits per heavy atom. The van der Waals surface area contributed by atoms with Crippen LogP contribution in [0.25, 0.3) is 0 Å². The summed E-state index contributed by atoms with van der Waals surface area (Å²) in [4.78, 5) is 42.3. The molecule has 2 aromatic heterocycles. The number of hydrogen-bond donors (Lipinski definition) is 2. The molecule has 0 aliphatic heterocycles. The molecule has 3 rings (SSSR count). The number of halogens is 3. The highest BCUT2D eigenvalue weighted by atomic mass is 79.9. The van der Waals surface area contributed by atoms with Crippen LogP contribution >= 0.6 is 27.5 Å². The molecule has 0 radical (unpaired) electrons. The lowest BCUT2D eigenvalue weighted by molar-refractivity contribution is -0.143. The minimum atomic E-state index is -0.808. The maximum absolute atomic E-state index is 14.1. The van der Waals surface area contributed by atoms with Crippen molar-refractivity contribution in [1.82, 2.24) is 20.1 Å². The Bertz CT molecular complexity index is 1320. The predicted octanol–water partition coefficient (Wildman–Crippen LogP) is 3.89. The molecule has 0 aliphatic rings. The molecule has 2 N–H and O–H groups in total. The summed E-state index contributed by atoms with van der Waals surface area (Å²) >= 11 is 9.43. The minimum absolute atomic E-state index is 0.0139. The molecule has 37 heavy (non-hydrogen) atoms. The van der Waals surface area contributed by atoms with Gasteiger partial charge in [-0.25, -0.2) is 18.9 Å². The summed E-state index contributed by atoms with van der Waals surface area (Å²) in [5, 5.41) is 9.17. The Morgan fingerprint density at radius 2 is 2.00 bits per heavy atom. The Kier molecular flexibility index (Phi) is 9.55. The Labute approximate surface area is 225 Å². The van der Waals surface area contributed by atoms with Crippen LogP contribution < -0.4 is 15.5 Å². The summed E-state index contributed by atoms with van der Waals surface area (Å²) in [6.07, 6.45) is 0.665. The SMILES string of the molecule is CNCC(=O)OCc1cccnc1N(C)C(=O)OCn1nc(C(=O)Nc2ccc(C)cc2F)c(Br)c1Cl. The van der Waals surface area contributed by atoms with Crippen LogP contribution in [0.2, 0.25) is 5.15 Å². The van der Waals surface area contributed by atoms with Crippen molar-refractivity contribution >= 4 is 57.0 Å². The average molecular weight is 598 g/mol. The van der Waals surface area contributed by atoms with Crippen molar-refractivity contribution in [2.75, 3.05) is 30.9 Å². The van der Waals surface area contributed by atoms with Crippen LogP contribution in [0.4, 0.5) is 20.7 Å². The van der Waals surface area contributed by atoms with E-state index in [0.717, 1.165) is 9.58 Å². The molecular formula is C23H23BrClFN6O5. The number of ether oxygens (including phenoxy) is 2. The van der Waals surface area contributed by atoms with Crippen LogP contribution in [-0.4, -0.2) is 53.4 Å². The van der Waals surface area contributed by atoms with E-state index in [1.54, 1.807) is 32.2 Å². The third kappa shape index (κ3) is 7.02. The number of esters is 1. The topological polar surface area (TPSA) is 128 Å². The highest BCUT2D eigenvalue weighted by Crippen LogP contribution is 2.28. The van der Waals surface area contributed by atoms with E-state index in [1.807, 2.05) is 0 Å². The summed E-state index contributed by atoms with van der Waals surface area (Å²) in [5.41, 5.74) is 1.02. The van der Waals surface area contributed by atoms with E-state index >= 15 is 0 Å². The van der Waals surface area contributed by atoms with E-state index in [9.17, 15) is 18.8 Å². The molecule has 0 saturated heterocycles. The number of rotatable bonds is 9. The van der Waals surface area contributed by atoms with Gasteiger partial charge >= 0.3 is 12.1 Å². The molecule has 14 heteroatoms. The number of amides is 2. The molecule has 3 aromatic rings. The first kappa shape index (κ1) is 28.0. The minimum Gasteiger partial charge on any atom is -0.460 e. The van der Waals surface area contributed by atoms with E-state index in [0.29, 0.717) is 11.1 Å². The molecule has 0 spiro atoms. The number of nitrogens with zero attached hydrogens (tertiary/aromatic N) is 4. The van der Waals surface area contributed by atoms with Gasteiger partial charge in [0.25, 0.3) is 5.91 Å². The van der Waals surface area contributed by atoms with E-state index in [-0.39, 0.29) is 40.0 Å². The number of anilines is 2. The monoisotopic (exact) mass is 596 g/mol. The molecule has 0 fully saturated rings. The van der Waals surface area contributed by atoms with Crippen LogP contribution in [0.15, 0.2) is 41.0 Å². The predicted molar refractivity (Wildman–Crippen MR) is 137 cm³/mol. The van der Waals surface area contributed by atoms with Gasteiger partial charge in [0.2, 0.25) is 0 Å². The third-order valence-electron chi connectivity index (χ3n) is 4.90. The standard InChI is InChI=1S/C23H23BrClFN6O5/c1-13-6-7-16(15(26)9-13)29-22(34)19-18(24)20(25)32(30-19)12-37-23(35)31(3)21-14(5-4-8-28-21)11-36-17(33)10-27-2/h4-9,27H,10-12H2,1-3H3,(H,29,34). The number of pyridine rings is 1. The van der Waals surface area contributed by atoms with Gasteiger partial charge < -0.3 is 20.1 Å². The number of aromatic nitrogens is 3. The fourth-order valence-corrected chi connectivity index (χ4v) is 3.69. The quantitative estimate of drug-likeness (QED) is 0.356. The zero-order chi connectivity index (χ0) is 27.1. The maximum Gasteiger partial charge on any atom is 0.417 e. The first-order valence-electron chi connectivity index (χ1n) is 10.8. The van der Waals surface area contributed by atoms with Crippen molar-refractivity contribution in [1.29, 1.82) is 0 Å². The molecule has 0 bridgehead atoms. The highest BCUT2D eigenvalue weighted by Gasteiger charge is 2.23. The number of nitrogens with one attached hydrogen (secondary N) is 2. The fraction of sp³-hybridized carbons (Fsp3) is 0.261. The summed E-state index contributed by atoms with van der Waals surface area (Å²) in [7, 11) is 3.05. The second-order valence-electron chi connectivity index (χ2n) is 7.67. The van der Waals surface area contributed by atoms with Crippen molar-refractivity contribution in [3.8, 4) is 0 Å². The van der Waals surface area contributed by atoms with Crippen LogP contribution in [0.1, 0.15) is 21.6 Å². The van der Waals surface area contributed by atoms with Crippen molar-refractivity contribution < 1.29 is 28.2 Å². The van der Waals surface area contributed by atoms with E-state index in [1.165, 1.54) is 25.4 Å². The molecule has 2 amide bonds. The van der Waals surface area contributed by atoms with Crippen molar-refractivity contribution in [3.05, 3.63) is 68.8 Å². The van der Waals surface area contributed by atoms with Gasteiger partial charge in [0, 0.05) is 18.8 Å². The van der Waals surface area contributed by atoms with Gasteiger partial charge in [0.1, 0.15) is 23.4 Å². The zero-order valence-corrected chi connectivity index (χ0v) is 22.4. The largest absolute Gasteiger partial charge is 0.460 e. The van der Waals surface area contributed by atoms with Crippen LogP contribution in [0, 0.1) is 12.7 Å². The van der Waals surface area contributed by atoms with Crippen LogP contribution in [0.5, 0.6) is 0 Å². The second kappa shape index (κ2) is 12.6. The molecule has 1 aromatic carbocycles. The van der Waals surface area contributed by atoms with E-state index in [4.69, 9.17) is 21.1 Å². The lowest BCUT2D eigenvalue weighted by atomic mass is 10.2. The van der Waals surface area contributed by atoms with Gasteiger partial charge in [-0.3, -0.25) is 14.5 Å². The molecule has 0 unspecified atom stereocenters. The van der Waals surface area contributed by atoms with Crippen LogP contribution in [0.3, 0.4) is 0 Å². The Hall–Kier alpha value is -3.55. The molecule has 11 nitrogen and oxygen atoms in total. The smallest absolute Gasteiger partial charge is 0.417 e. The number of likely N-dealkylation sites (N-methyl/N-ethyl adjacent to an activating group) is 1. The van der Waals surface area contributed by atoms with Gasteiger partial charge in [-0.2, -0.15) is 5.10 Å².